The third kappa shape index (κ3) is 9.71. The van der Waals surface area contributed by atoms with Crippen molar-refractivity contribution in [2.24, 2.45) is 0 Å². The van der Waals surface area contributed by atoms with Crippen LogP contribution in [0.25, 0.3) is 11.1 Å². The molecule has 0 saturated carbocycles. The summed E-state index contributed by atoms with van der Waals surface area (Å²) in [5.74, 6) is 0. The van der Waals surface area contributed by atoms with Gasteiger partial charge in [-0.25, -0.2) is 0 Å². The van der Waals surface area contributed by atoms with Crippen molar-refractivity contribution < 1.29 is 15.1 Å². The monoisotopic (exact) mass is 828 g/mol. The van der Waals surface area contributed by atoms with Gasteiger partial charge in [0.15, 0.2) is 0 Å². The number of hydrogen-bond acceptors (Lipinski definition) is 2. The fraction of sp³-hybridized carbons (Fsp3) is 0.368. The summed E-state index contributed by atoms with van der Waals surface area (Å²) in [5, 5.41) is 0.0399. The lowest BCUT2D eigenvalue weighted by Gasteiger charge is -2.34. The van der Waals surface area contributed by atoms with Crippen LogP contribution in [0.4, 0.5) is 34.1 Å². The van der Waals surface area contributed by atoms with Gasteiger partial charge in [0.2, 0.25) is 0 Å². The predicted molar refractivity (Wildman–Crippen MR) is 264 cm³/mol. The Labute approximate surface area is 384 Å². The number of anilines is 6. The van der Waals surface area contributed by atoms with Crippen LogP contribution >= 0.6 is 11.6 Å². The molecule has 0 saturated heterocycles. The van der Waals surface area contributed by atoms with E-state index < -0.39 is 28.3 Å². The molecule has 2 nitrogen and oxygen atoms in total. The lowest BCUT2D eigenvalue weighted by atomic mass is 9.83. The van der Waals surface area contributed by atoms with Gasteiger partial charge >= 0.3 is 0 Å². The van der Waals surface area contributed by atoms with Crippen molar-refractivity contribution >= 4 is 45.7 Å². The van der Waals surface area contributed by atoms with E-state index in [9.17, 15) is 15.1 Å². The van der Waals surface area contributed by atoms with E-state index >= 15 is 0 Å². The molecule has 6 aromatic rings. The van der Waals surface area contributed by atoms with E-state index in [-0.39, 0.29) is 121 Å². The second kappa shape index (κ2) is 16.2. The molecule has 0 spiro atoms. The van der Waals surface area contributed by atoms with Crippen molar-refractivity contribution in [3.63, 3.8) is 0 Å². The standard InChI is InChI=1S/C57H69ClN2/c1-38-35-50(59(45-28-21-41(22-29-45)54(5,6)7)46-30-23-42(24-31-46)55(8,9)10)52(58)51(36-38)60(47-32-25-43(26-33-47)56(11,12)13)49-34-27-44(57(14,15)16)37-48(49)39-17-19-40(20-18-39)53(2,3)4/h17-37H,1-16H3/i17D,18D,19D,20D,21D,22D,27D,28D,29D,34D,37D. The topological polar surface area (TPSA) is 6.48 Å². The Balaban J connectivity index is 1.87. The van der Waals surface area contributed by atoms with Crippen molar-refractivity contribution in [3.05, 3.63) is 166 Å². The highest BCUT2D eigenvalue weighted by Crippen LogP contribution is 2.50. The minimum Gasteiger partial charge on any atom is -0.309 e. The molecule has 0 bridgehead atoms. The molecule has 0 heterocycles. The van der Waals surface area contributed by atoms with Gasteiger partial charge < -0.3 is 9.80 Å². The summed E-state index contributed by atoms with van der Waals surface area (Å²) in [4.78, 5) is 3.28. The van der Waals surface area contributed by atoms with Crippen LogP contribution in [-0.4, -0.2) is 0 Å². The second-order valence-corrected chi connectivity index (χ2v) is 21.5. The minimum atomic E-state index is -0.880. The number of hydrogen-bond donors (Lipinski definition) is 0. The molecule has 3 heteroatoms. The third-order valence-electron chi connectivity index (χ3n) is 10.6. The molecule has 0 atom stereocenters. The first-order valence-electron chi connectivity index (χ1n) is 26.3. The maximum Gasteiger partial charge on any atom is 0.0887 e. The Morgan fingerprint density at radius 1 is 0.400 bits per heavy atom. The lowest BCUT2D eigenvalue weighted by molar-refractivity contribution is 0.590. The van der Waals surface area contributed by atoms with Crippen LogP contribution in [0.3, 0.4) is 0 Å². The third-order valence-corrected chi connectivity index (χ3v) is 11.0. The number of rotatable bonds is 7. The predicted octanol–water partition coefficient (Wildman–Crippen LogP) is 17.7. The molecule has 0 aliphatic heterocycles. The highest BCUT2D eigenvalue weighted by atomic mass is 35.5. The molecule has 6 aromatic carbocycles. The molecule has 0 fully saturated rings. The van der Waals surface area contributed by atoms with Crippen LogP contribution in [-0.2, 0) is 27.1 Å². The van der Waals surface area contributed by atoms with Gasteiger partial charge in [0.25, 0.3) is 0 Å². The fourth-order valence-corrected chi connectivity index (χ4v) is 7.06. The van der Waals surface area contributed by atoms with Crippen LogP contribution in [0.1, 0.15) is 152 Å². The van der Waals surface area contributed by atoms with Crippen molar-refractivity contribution in [2.75, 3.05) is 9.80 Å². The van der Waals surface area contributed by atoms with Crippen LogP contribution in [0, 0.1) is 6.92 Å². The summed E-state index contributed by atoms with van der Waals surface area (Å²) < 4.78 is 106. The van der Waals surface area contributed by atoms with E-state index in [1.807, 2.05) is 118 Å². The number of benzene rings is 6. The van der Waals surface area contributed by atoms with Gasteiger partial charge in [-0.2, -0.15) is 0 Å². The average Bonchev–Trinajstić information content (AvgIpc) is 3.23. The first-order chi connectivity index (χ1) is 32.3. The van der Waals surface area contributed by atoms with Crippen molar-refractivity contribution in [3.8, 4) is 11.1 Å². The Morgan fingerprint density at radius 3 is 1.18 bits per heavy atom. The Hall–Kier alpha value is -4.79. The molecule has 0 aromatic heterocycles. The first kappa shape index (κ1) is 32.0. The number of aryl methyl sites for hydroxylation is 1. The molecule has 314 valence electrons. The molecule has 0 amide bonds. The van der Waals surface area contributed by atoms with Crippen LogP contribution in [0.15, 0.2) is 127 Å². The van der Waals surface area contributed by atoms with Gasteiger partial charge in [-0.1, -0.05) is 182 Å². The summed E-state index contributed by atoms with van der Waals surface area (Å²) in [6, 6.07) is 15.7. The number of halogens is 1. The van der Waals surface area contributed by atoms with Gasteiger partial charge in [0.1, 0.15) is 0 Å². The summed E-state index contributed by atoms with van der Waals surface area (Å²) in [5.41, 5.74) is 1.40. The second-order valence-electron chi connectivity index (χ2n) is 21.1. The van der Waals surface area contributed by atoms with Gasteiger partial charge in [0, 0.05) is 22.6 Å². The molecule has 60 heavy (non-hydrogen) atoms. The number of nitrogens with zero attached hydrogens (tertiary/aromatic N) is 2. The van der Waals surface area contributed by atoms with Gasteiger partial charge in [-0.15, -0.1) is 0 Å². The van der Waals surface area contributed by atoms with E-state index in [1.165, 1.54) is 0 Å². The zero-order chi connectivity index (χ0) is 53.7. The molecule has 0 aliphatic rings. The van der Waals surface area contributed by atoms with Gasteiger partial charge in [0.05, 0.1) is 37.2 Å². The first-order valence-corrected chi connectivity index (χ1v) is 21.2. The molecule has 0 aliphatic carbocycles. The molecule has 6 rings (SSSR count). The summed E-state index contributed by atoms with van der Waals surface area (Å²) in [7, 11) is 0. The largest absolute Gasteiger partial charge is 0.309 e. The van der Waals surface area contributed by atoms with E-state index in [0.717, 1.165) is 11.1 Å². The molecule has 0 radical (unpaired) electrons. The highest BCUT2D eigenvalue weighted by molar-refractivity contribution is 6.36. The molecule has 0 N–H and O–H groups in total. The van der Waals surface area contributed by atoms with E-state index in [1.54, 1.807) is 21.9 Å². The normalized spacial score (nSPS) is 15.3. The molecule has 0 unspecified atom stereocenters. The summed E-state index contributed by atoms with van der Waals surface area (Å²) in [6.45, 7) is 30.8. The van der Waals surface area contributed by atoms with Crippen molar-refractivity contribution in [2.45, 2.75) is 138 Å². The van der Waals surface area contributed by atoms with Crippen LogP contribution in [0.2, 0.25) is 5.02 Å². The van der Waals surface area contributed by atoms with Crippen molar-refractivity contribution in [1.82, 2.24) is 0 Å². The molecular formula is C57H69ClN2. The Bertz CT molecular complexity index is 3010. The molecular weight excluding hydrogens is 748 g/mol. The zero-order valence-electron chi connectivity index (χ0n) is 49.5. The van der Waals surface area contributed by atoms with Crippen LogP contribution in [0.5, 0.6) is 0 Å². The zero-order valence-corrected chi connectivity index (χ0v) is 39.3. The average molecular weight is 829 g/mol. The lowest BCUT2D eigenvalue weighted by Crippen LogP contribution is -2.18. The SMILES string of the molecule is [2H]c1c([2H])c(C(C)(C)C)c([2H])c([2H])c1-c1c([2H])c(C(C)(C)C)c([2H])c([2H])c1N(c1ccc(C(C)(C)C)cc1)c1cc(C)cc(N(c2ccc(C(C)(C)C)cc2)c2c([2H])c([2H])c(C(C)(C)C)c([2H])c2[2H])c1Cl. The smallest absolute Gasteiger partial charge is 0.0887 e. The minimum absolute atomic E-state index is 0.0399. The summed E-state index contributed by atoms with van der Waals surface area (Å²) >= 11 is 7.90. The maximum absolute atomic E-state index is 10.1. The van der Waals surface area contributed by atoms with Crippen LogP contribution < -0.4 is 9.80 Å². The van der Waals surface area contributed by atoms with Gasteiger partial charge in [-0.05, 0) is 134 Å². The maximum atomic E-state index is 10.1. The van der Waals surface area contributed by atoms with E-state index in [4.69, 9.17) is 11.6 Å². The van der Waals surface area contributed by atoms with Crippen molar-refractivity contribution in [1.29, 1.82) is 0 Å². The fourth-order valence-electron chi connectivity index (χ4n) is 6.78. The highest BCUT2D eigenvalue weighted by Gasteiger charge is 2.28. The van der Waals surface area contributed by atoms with E-state index in [0.29, 0.717) is 16.9 Å². The van der Waals surface area contributed by atoms with Gasteiger partial charge in [-0.3, -0.25) is 0 Å². The Morgan fingerprint density at radius 2 is 0.767 bits per heavy atom. The Kier molecular flexibility index (Phi) is 8.66. The quantitative estimate of drug-likeness (QED) is 0.158. The van der Waals surface area contributed by atoms with E-state index in [2.05, 4.69) is 41.5 Å². The summed E-state index contributed by atoms with van der Waals surface area (Å²) in [6.07, 6.45) is 0.